The number of aryl methyl sites for hydroxylation is 1. The summed E-state index contributed by atoms with van der Waals surface area (Å²) in [5.74, 6) is 0. The molecule has 0 aromatic heterocycles. The quantitative estimate of drug-likeness (QED) is 0.718. The summed E-state index contributed by atoms with van der Waals surface area (Å²) in [7, 11) is 1.66. The molecule has 78 valence electrons. The Balaban J connectivity index is 2.85. The molecule has 0 saturated carbocycles. The molecular weight excluding hydrogens is 232 g/mol. The van der Waals surface area contributed by atoms with E-state index >= 15 is 0 Å². The molecule has 2 aromatic carbocycles. The zero-order chi connectivity index (χ0) is 11.1. The van der Waals surface area contributed by atoms with Crippen molar-refractivity contribution in [3.8, 4) is 0 Å². The average molecular weight is 241 g/mol. The molecule has 0 aliphatic heterocycles. The van der Waals surface area contributed by atoms with Crippen LogP contribution in [-0.4, -0.2) is 8.42 Å². The van der Waals surface area contributed by atoms with Crippen LogP contribution in [0.1, 0.15) is 5.56 Å². The van der Waals surface area contributed by atoms with Crippen LogP contribution < -0.4 is 0 Å². The van der Waals surface area contributed by atoms with Gasteiger partial charge in [-0.3, -0.25) is 0 Å². The van der Waals surface area contributed by atoms with Crippen molar-refractivity contribution in [1.29, 1.82) is 0 Å². The number of rotatable bonds is 1. The SMILES string of the molecule is Cc1cc(S(=O)(=O)Cl)cc2ccccc12. The van der Waals surface area contributed by atoms with Gasteiger partial charge in [0.05, 0.1) is 4.90 Å². The molecule has 4 heteroatoms. The second-order valence-corrected chi connectivity index (χ2v) is 5.97. The van der Waals surface area contributed by atoms with Crippen LogP contribution in [0.4, 0.5) is 0 Å². The van der Waals surface area contributed by atoms with Gasteiger partial charge in [0.1, 0.15) is 0 Å². The molecule has 0 N–H and O–H groups in total. The van der Waals surface area contributed by atoms with E-state index in [0.717, 1.165) is 16.3 Å². The lowest BCUT2D eigenvalue weighted by Gasteiger charge is -2.04. The number of benzene rings is 2. The highest BCUT2D eigenvalue weighted by atomic mass is 35.7. The number of hydrogen-bond donors (Lipinski definition) is 0. The van der Waals surface area contributed by atoms with E-state index in [1.54, 1.807) is 12.1 Å². The highest BCUT2D eigenvalue weighted by molar-refractivity contribution is 8.13. The first kappa shape index (κ1) is 10.5. The monoisotopic (exact) mass is 240 g/mol. The summed E-state index contributed by atoms with van der Waals surface area (Å²) in [5.41, 5.74) is 0.910. The van der Waals surface area contributed by atoms with Gasteiger partial charge in [0, 0.05) is 10.7 Å². The van der Waals surface area contributed by atoms with E-state index < -0.39 is 9.05 Å². The third-order valence-electron chi connectivity index (χ3n) is 2.32. The van der Waals surface area contributed by atoms with Gasteiger partial charge in [0.15, 0.2) is 0 Å². The molecule has 0 bridgehead atoms. The van der Waals surface area contributed by atoms with Gasteiger partial charge in [0.2, 0.25) is 0 Å². The summed E-state index contributed by atoms with van der Waals surface area (Å²) in [4.78, 5) is 0.153. The second kappa shape index (κ2) is 3.51. The van der Waals surface area contributed by atoms with Crippen LogP contribution in [0.2, 0.25) is 0 Å². The Labute approximate surface area is 92.9 Å². The molecule has 2 aromatic rings. The first-order valence-corrected chi connectivity index (χ1v) is 6.73. The first-order chi connectivity index (χ1) is 6.98. The van der Waals surface area contributed by atoms with Crippen molar-refractivity contribution in [2.75, 3.05) is 0 Å². The van der Waals surface area contributed by atoms with E-state index in [1.165, 1.54) is 0 Å². The summed E-state index contributed by atoms with van der Waals surface area (Å²) >= 11 is 0. The zero-order valence-corrected chi connectivity index (χ0v) is 9.64. The fourth-order valence-corrected chi connectivity index (χ4v) is 2.46. The summed E-state index contributed by atoms with van der Waals surface area (Å²) < 4.78 is 22.4. The molecule has 0 heterocycles. The summed E-state index contributed by atoms with van der Waals surface area (Å²) in [6, 6.07) is 10.8. The van der Waals surface area contributed by atoms with E-state index in [4.69, 9.17) is 10.7 Å². The fourth-order valence-electron chi connectivity index (χ4n) is 1.61. The lowest BCUT2D eigenvalue weighted by atomic mass is 10.1. The Morgan fingerprint density at radius 3 is 2.47 bits per heavy atom. The van der Waals surface area contributed by atoms with E-state index in [1.807, 2.05) is 31.2 Å². The van der Waals surface area contributed by atoms with Crippen LogP contribution in [0, 0.1) is 6.92 Å². The standard InChI is InChI=1S/C11H9ClO2S/c1-8-6-10(15(12,13)14)7-9-4-2-3-5-11(8)9/h2-7H,1H3. The molecular formula is C11H9ClO2S. The molecule has 2 rings (SSSR count). The van der Waals surface area contributed by atoms with Crippen molar-refractivity contribution in [3.63, 3.8) is 0 Å². The molecule has 0 spiro atoms. The van der Waals surface area contributed by atoms with Crippen molar-refractivity contribution in [3.05, 3.63) is 42.0 Å². The van der Waals surface area contributed by atoms with E-state index in [2.05, 4.69) is 0 Å². The zero-order valence-electron chi connectivity index (χ0n) is 8.07. The van der Waals surface area contributed by atoms with Gasteiger partial charge in [-0.1, -0.05) is 24.3 Å². The molecule has 0 amide bonds. The van der Waals surface area contributed by atoms with Gasteiger partial charge in [-0.05, 0) is 35.4 Å². The van der Waals surface area contributed by atoms with Crippen molar-refractivity contribution in [2.24, 2.45) is 0 Å². The minimum absolute atomic E-state index is 0.153. The smallest absolute Gasteiger partial charge is 0.207 e. The van der Waals surface area contributed by atoms with E-state index in [9.17, 15) is 8.42 Å². The van der Waals surface area contributed by atoms with Gasteiger partial charge in [-0.25, -0.2) is 8.42 Å². The average Bonchev–Trinajstić information content (AvgIpc) is 2.16. The van der Waals surface area contributed by atoms with Crippen molar-refractivity contribution >= 4 is 30.5 Å². The fraction of sp³-hybridized carbons (Fsp3) is 0.0909. The van der Waals surface area contributed by atoms with Crippen LogP contribution in [0.3, 0.4) is 0 Å². The summed E-state index contributed by atoms with van der Waals surface area (Å²) in [5, 5.41) is 1.93. The molecule has 0 unspecified atom stereocenters. The second-order valence-electron chi connectivity index (χ2n) is 3.40. The first-order valence-electron chi connectivity index (χ1n) is 4.42. The molecule has 0 atom stereocenters. The largest absolute Gasteiger partial charge is 0.261 e. The number of halogens is 1. The third kappa shape index (κ3) is 1.98. The predicted octanol–water partition coefficient (Wildman–Crippen LogP) is 3.08. The van der Waals surface area contributed by atoms with Crippen molar-refractivity contribution in [1.82, 2.24) is 0 Å². The number of fused-ring (bicyclic) bond motifs is 1. The Morgan fingerprint density at radius 1 is 1.13 bits per heavy atom. The van der Waals surface area contributed by atoms with Gasteiger partial charge in [0.25, 0.3) is 9.05 Å². The summed E-state index contributed by atoms with van der Waals surface area (Å²) in [6.45, 7) is 1.87. The highest BCUT2D eigenvalue weighted by Crippen LogP contribution is 2.24. The van der Waals surface area contributed by atoms with Crippen LogP contribution in [0.25, 0.3) is 10.8 Å². The lowest BCUT2D eigenvalue weighted by molar-refractivity contribution is 0.609. The topological polar surface area (TPSA) is 34.1 Å². The Morgan fingerprint density at radius 2 is 1.80 bits per heavy atom. The molecule has 2 nitrogen and oxygen atoms in total. The maximum absolute atomic E-state index is 11.2. The predicted molar refractivity (Wildman–Crippen MR) is 61.7 cm³/mol. The summed E-state index contributed by atoms with van der Waals surface area (Å²) in [6.07, 6.45) is 0. The highest BCUT2D eigenvalue weighted by Gasteiger charge is 2.11. The molecule has 0 aliphatic rings. The Kier molecular flexibility index (Phi) is 2.44. The normalized spacial score (nSPS) is 11.9. The molecule has 0 saturated heterocycles. The van der Waals surface area contributed by atoms with Crippen molar-refractivity contribution < 1.29 is 8.42 Å². The van der Waals surface area contributed by atoms with Crippen LogP contribution >= 0.6 is 10.7 Å². The number of hydrogen-bond acceptors (Lipinski definition) is 2. The van der Waals surface area contributed by atoms with Crippen LogP contribution in [0.5, 0.6) is 0 Å². The van der Waals surface area contributed by atoms with E-state index in [0.29, 0.717) is 0 Å². The third-order valence-corrected chi connectivity index (χ3v) is 3.66. The van der Waals surface area contributed by atoms with Gasteiger partial charge >= 0.3 is 0 Å². The Hall–Kier alpha value is -1.06. The van der Waals surface area contributed by atoms with Gasteiger partial charge in [-0.15, -0.1) is 0 Å². The minimum atomic E-state index is -3.64. The maximum atomic E-state index is 11.2. The molecule has 15 heavy (non-hydrogen) atoms. The lowest BCUT2D eigenvalue weighted by Crippen LogP contribution is -1.92. The maximum Gasteiger partial charge on any atom is 0.261 e. The van der Waals surface area contributed by atoms with Gasteiger partial charge < -0.3 is 0 Å². The van der Waals surface area contributed by atoms with E-state index in [-0.39, 0.29) is 4.90 Å². The minimum Gasteiger partial charge on any atom is -0.207 e. The molecule has 0 fully saturated rings. The molecule has 0 aliphatic carbocycles. The van der Waals surface area contributed by atoms with Crippen LogP contribution in [-0.2, 0) is 9.05 Å². The van der Waals surface area contributed by atoms with Crippen LogP contribution in [0.15, 0.2) is 41.3 Å². The van der Waals surface area contributed by atoms with Gasteiger partial charge in [-0.2, -0.15) is 0 Å². The van der Waals surface area contributed by atoms with Crippen molar-refractivity contribution in [2.45, 2.75) is 11.8 Å². The Bertz CT molecular complexity index is 618. The molecule has 0 radical (unpaired) electrons.